The summed E-state index contributed by atoms with van der Waals surface area (Å²) >= 11 is 0. The van der Waals surface area contributed by atoms with Crippen LogP contribution in [0.5, 0.6) is 5.75 Å². The molecule has 0 amide bonds. The third-order valence-corrected chi connectivity index (χ3v) is 3.04. The molecule has 5 nitrogen and oxygen atoms in total. The van der Waals surface area contributed by atoms with Crippen molar-refractivity contribution >= 4 is 11.8 Å². The van der Waals surface area contributed by atoms with Gasteiger partial charge in [0.2, 0.25) is 0 Å². The maximum atomic E-state index is 12.0. The van der Waals surface area contributed by atoms with Gasteiger partial charge in [-0.1, -0.05) is 0 Å². The smallest absolute Gasteiger partial charge is 0.387 e. The first-order valence-corrected chi connectivity index (χ1v) is 5.95. The Morgan fingerprint density at radius 3 is 2.89 bits per heavy atom. The zero-order valence-corrected chi connectivity index (χ0v) is 10.1. The molecule has 1 aromatic heterocycles. The number of hydrogen-bond acceptors (Lipinski definition) is 4. The summed E-state index contributed by atoms with van der Waals surface area (Å²) in [6, 6.07) is 2.96. The van der Waals surface area contributed by atoms with Gasteiger partial charge in [-0.25, -0.2) is 4.98 Å². The van der Waals surface area contributed by atoms with Gasteiger partial charge in [-0.05, 0) is 25.0 Å². The molecule has 1 saturated heterocycles. The third-order valence-electron chi connectivity index (χ3n) is 3.04. The van der Waals surface area contributed by atoms with Crippen LogP contribution in [0.25, 0.3) is 0 Å². The topological polar surface area (TPSA) is 62.7 Å². The van der Waals surface area contributed by atoms with Gasteiger partial charge in [0.05, 0.1) is 12.1 Å². The summed E-state index contributed by atoms with van der Waals surface area (Å²) in [5.41, 5.74) is 0. The van der Waals surface area contributed by atoms with Gasteiger partial charge in [-0.3, -0.25) is 4.79 Å². The van der Waals surface area contributed by atoms with Crippen LogP contribution in [-0.2, 0) is 4.79 Å². The number of aliphatic carboxylic acids is 1. The van der Waals surface area contributed by atoms with E-state index in [0.717, 1.165) is 6.42 Å². The van der Waals surface area contributed by atoms with Crippen LogP contribution in [0.1, 0.15) is 12.8 Å². The molecule has 0 saturated carbocycles. The summed E-state index contributed by atoms with van der Waals surface area (Å²) < 4.78 is 28.2. The number of carboxylic acids is 1. The first-order valence-electron chi connectivity index (χ1n) is 5.95. The van der Waals surface area contributed by atoms with Crippen molar-refractivity contribution in [1.29, 1.82) is 0 Å². The molecule has 1 unspecified atom stereocenters. The molecule has 0 aliphatic carbocycles. The van der Waals surface area contributed by atoms with Crippen molar-refractivity contribution in [2.45, 2.75) is 19.5 Å². The van der Waals surface area contributed by atoms with Crippen LogP contribution in [0, 0.1) is 5.92 Å². The van der Waals surface area contributed by atoms with Gasteiger partial charge in [0.15, 0.2) is 0 Å². The predicted molar refractivity (Wildman–Crippen MR) is 63.4 cm³/mol. The van der Waals surface area contributed by atoms with E-state index in [1.807, 2.05) is 4.90 Å². The molecule has 0 radical (unpaired) electrons. The normalized spacial score (nSPS) is 19.5. The molecule has 0 aromatic carbocycles. The van der Waals surface area contributed by atoms with Crippen molar-refractivity contribution < 1.29 is 23.4 Å². The second-order valence-corrected chi connectivity index (χ2v) is 4.35. The molecule has 1 aromatic rings. The summed E-state index contributed by atoms with van der Waals surface area (Å²) in [6.45, 7) is -1.78. The average molecular weight is 272 g/mol. The summed E-state index contributed by atoms with van der Waals surface area (Å²) in [6.07, 6.45) is 2.64. The Kier molecular flexibility index (Phi) is 4.13. The van der Waals surface area contributed by atoms with E-state index in [0.29, 0.717) is 25.3 Å². The fourth-order valence-corrected chi connectivity index (χ4v) is 2.12. The van der Waals surface area contributed by atoms with Gasteiger partial charge in [-0.2, -0.15) is 8.78 Å². The van der Waals surface area contributed by atoms with E-state index in [-0.39, 0.29) is 5.75 Å². The molecule has 2 heterocycles. The molecule has 104 valence electrons. The number of ether oxygens (including phenoxy) is 1. The van der Waals surface area contributed by atoms with E-state index >= 15 is 0 Å². The van der Waals surface area contributed by atoms with E-state index < -0.39 is 18.5 Å². The molecular weight excluding hydrogens is 258 g/mol. The Morgan fingerprint density at radius 1 is 1.53 bits per heavy atom. The fraction of sp³-hybridized carbons (Fsp3) is 0.500. The number of rotatable bonds is 4. The monoisotopic (exact) mass is 272 g/mol. The van der Waals surface area contributed by atoms with Gasteiger partial charge in [0.1, 0.15) is 11.6 Å². The largest absolute Gasteiger partial charge is 0.481 e. The molecule has 2 rings (SSSR count). The second-order valence-electron chi connectivity index (χ2n) is 4.35. The van der Waals surface area contributed by atoms with E-state index in [1.165, 1.54) is 12.3 Å². The minimum absolute atomic E-state index is 0.00876. The number of carboxylic acid groups (broad SMARTS) is 1. The number of aromatic nitrogens is 1. The van der Waals surface area contributed by atoms with Crippen molar-refractivity contribution in [1.82, 2.24) is 4.98 Å². The van der Waals surface area contributed by atoms with Crippen LogP contribution in [0.15, 0.2) is 18.3 Å². The Bertz CT molecular complexity index is 439. The van der Waals surface area contributed by atoms with Crippen molar-refractivity contribution in [3.63, 3.8) is 0 Å². The van der Waals surface area contributed by atoms with Gasteiger partial charge < -0.3 is 14.7 Å². The van der Waals surface area contributed by atoms with Gasteiger partial charge >= 0.3 is 12.6 Å². The molecule has 19 heavy (non-hydrogen) atoms. The van der Waals surface area contributed by atoms with Crippen LogP contribution in [-0.4, -0.2) is 35.8 Å². The highest BCUT2D eigenvalue weighted by molar-refractivity contribution is 5.71. The van der Waals surface area contributed by atoms with E-state index in [1.54, 1.807) is 6.07 Å². The number of anilines is 1. The lowest BCUT2D eigenvalue weighted by molar-refractivity contribution is -0.141. The van der Waals surface area contributed by atoms with Crippen molar-refractivity contribution in [2.24, 2.45) is 5.92 Å². The Morgan fingerprint density at radius 2 is 2.32 bits per heavy atom. The molecule has 1 fully saturated rings. The lowest BCUT2D eigenvalue weighted by Gasteiger charge is -2.31. The van der Waals surface area contributed by atoms with E-state index in [2.05, 4.69) is 9.72 Å². The standard InChI is InChI=1S/C12H14F2N2O3/c13-12(14)19-9-3-4-10(15-6-9)16-5-1-2-8(7-16)11(17)18/h3-4,6,8,12H,1-2,5,7H2,(H,17,18). The van der Waals surface area contributed by atoms with Crippen LogP contribution < -0.4 is 9.64 Å². The summed E-state index contributed by atoms with van der Waals surface area (Å²) in [4.78, 5) is 16.8. The fourth-order valence-electron chi connectivity index (χ4n) is 2.12. The highest BCUT2D eigenvalue weighted by atomic mass is 19.3. The van der Waals surface area contributed by atoms with Gasteiger partial charge in [-0.15, -0.1) is 0 Å². The highest BCUT2D eigenvalue weighted by Crippen LogP contribution is 2.23. The second kappa shape index (κ2) is 5.81. The summed E-state index contributed by atoms with van der Waals surface area (Å²) in [5.74, 6) is -0.659. The van der Waals surface area contributed by atoms with Crippen molar-refractivity contribution in [3.05, 3.63) is 18.3 Å². The molecule has 0 bridgehead atoms. The number of hydrogen-bond donors (Lipinski definition) is 1. The zero-order valence-electron chi connectivity index (χ0n) is 10.1. The lowest BCUT2D eigenvalue weighted by Crippen LogP contribution is -2.39. The first-order chi connectivity index (χ1) is 9.06. The minimum Gasteiger partial charge on any atom is -0.481 e. The quantitative estimate of drug-likeness (QED) is 0.908. The minimum atomic E-state index is -2.88. The Labute approximate surface area is 108 Å². The number of halogens is 2. The van der Waals surface area contributed by atoms with E-state index in [4.69, 9.17) is 5.11 Å². The van der Waals surface area contributed by atoms with Crippen LogP contribution in [0.4, 0.5) is 14.6 Å². The number of piperidine rings is 1. The Hall–Kier alpha value is -1.92. The molecular formula is C12H14F2N2O3. The third kappa shape index (κ3) is 3.52. The molecule has 1 N–H and O–H groups in total. The van der Waals surface area contributed by atoms with E-state index in [9.17, 15) is 13.6 Å². The maximum absolute atomic E-state index is 12.0. The number of pyridine rings is 1. The molecule has 1 atom stereocenters. The summed E-state index contributed by atoms with van der Waals surface area (Å²) in [7, 11) is 0. The van der Waals surface area contributed by atoms with Crippen LogP contribution in [0.3, 0.4) is 0 Å². The van der Waals surface area contributed by atoms with Crippen molar-refractivity contribution in [3.8, 4) is 5.75 Å². The zero-order chi connectivity index (χ0) is 13.8. The average Bonchev–Trinajstić information content (AvgIpc) is 2.39. The lowest BCUT2D eigenvalue weighted by atomic mass is 9.98. The summed E-state index contributed by atoms with van der Waals surface area (Å²) in [5, 5.41) is 9.00. The van der Waals surface area contributed by atoms with Crippen LogP contribution >= 0.6 is 0 Å². The molecule has 1 aliphatic heterocycles. The molecule has 1 aliphatic rings. The highest BCUT2D eigenvalue weighted by Gasteiger charge is 2.26. The maximum Gasteiger partial charge on any atom is 0.387 e. The van der Waals surface area contributed by atoms with Gasteiger partial charge in [0, 0.05) is 13.1 Å². The molecule has 0 spiro atoms. The van der Waals surface area contributed by atoms with Crippen molar-refractivity contribution in [2.75, 3.05) is 18.0 Å². The van der Waals surface area contributed by atoms with Crippen LogP contribution in [0.2, 0.25) is 0 Å². The number of carbonyl (C=O) groups is 1. The first kappa shape index (κ1) is 13.5. The number of alkyl halides is 2. The predicted octanol–water partition coefficient (Wildman–Crippen LogP) is 1.98. The SMILES string of the molecule is O=C(O)C1CCCN(c2ccc(OC(F)F)cn2)C1. The van der Waals surface area contributed by atoms with Gasteiger partial charge in [0.25, 0.3) is 0 Å². The Balaban J connectivity index is 2.03. The molecule has 7 heteroatoms. The number of nitrogens with zero attached hydrogens (tertiary/aromatic N) is 2.